The molecular weight excluding hydrogens is 458 g/mol. The van der Waals surface area contributed by atoms with Gasteiger partial charge < -0.3 is 29.0 Å². The third kappa shape index (κ3) is 4.73. The molecule has 2 saturated carbocycles. The summed E-state index contributed by atoms with van der Waals surface area (Å²) in [6.07, 6.45) is 3.56. The summed E-state index contributed by atoms with van der Waals surface area (Å²) in [6, 6.07) is 2.47. The highest BCUT2D eigenvalue weighted by molar-refractivity contribution is 6.03. The van der Waals surface area contributed by atoms with E-state index in [2.05, 4.69) is 17.2 Å². The van der Waals surface area contributed by atoms with E-state index < -0.39 is 17.5 Å². The van der Waals surface area contributed by atoms with Gasteiger partial charge in [-0.05, 0) is 51.6 Å². The van der Waals surface area contributed by atoms with Gasteiger partial charge in [-0.15, -0.1) is 0 Å². The molecule has 3 fully saturated rings. The maximum Gasteiger partial charge on any atom is 0.298 e. The van der Waals surface area contributed by atoms with Gasteiger partial charge >= 0.3 is 0 Å². The van der Waals surface area contributed by atoms with E-state index in [0.29, 0.717) is 43.2 Å². The second-order valence-corrected chi connectivity index (χ2v) is 10.3. The van der Waals surface area contributed by atoms with Crippen LogP contribution in [0.15, 0.2) is 16.5 Å². The number of halogens is 2. The molecule has 2 heterocycles. The van der Waals surface area contributed by atoms with Crippen molar-refractivity contribution in [1.29, 1.82) is 0 Å². The van der Waals surface area contributed by atoms with Crippen LogP contribution in [-0.4, -0.2) is 61.8 Å². The Balaban J connectivity index is 1.31. The topological polar surface area (TPSA) is 80.1 Å². The molecule has 2 aromatic rings. The smallest absolute Gasteiger partial charge is 0.298 e. The lowest BCUT2D eigenvalue weighted by atomic mass is 9.91. The number of benzene rings is 1. The number of methoxy groups -OCH3 is 1. The third-order valence-electron chi connectivity index (χ3n) is 7.41. The van der Waals surface area contributed by atoms with Crippen LogP contribution in [-0.2, 0) is 11.3 Å². The van der Waals surface area contributed by atoms with Crippen molar-refractivity contribution in [3.05, 3.63) is 35.2 Å². The van der Waals surface area contributed by atoms with Gasteiger partial charge in [0.15, 0.2) is 28.8 Å². The minimum Gasteiger partial charge on any atom is -0.484 e. The largest absolute Gasteiger partial charge is 0.484 e. The normalized spacial score (nSPS) is 24.3. The summed E-state index contributed by atoms with van der Waals surface area (Å²) in [5.74, 6) is -1.03. The fourth-order valence-electron chi connectivity index (χ4n) is 5.19. The Morgan fingerprint density at radius 2 is 1.89 bits per heavy atom. The molecule has 10 heteroatoms. The zero-order chi connectivity index (χ0) is 24.9. The average Bonchev–Trinajstić information content (AvgIpc) is 3.18. The zero-order valence-corrected chi connectivity index (χ0v) is 20.6. The molecule has 0 radical (unpaired) electrons. The Morgan fingerprint density at radius 1 is 1.23 bits per heavy atom. The molecule has 1 aromatic carbocycles. The van der Waals surface area contributed by atoms with Gasteiger partial charge in [-0.25, -0.2) is 8.78 Å². The summed E-state index contributed by atoms with van der Waals surface area (Å²) in [7, 11) is 5.37. The summed E-state index contributed by atoms with van der Waals surface area (Å²) in [5.41, 5.74) is -0.192. The number of amides is 1. The molecule has 1 aliphatic heterocycles. The van der Waals surface area contributed by atoms with Crippen molar-refractivity contribution in [2.45, 2.75) is 50.9 Å². The Hall–Kier alpha value is -2.72. The Morgan fingerprint density at radius 3 is 2.46 bits per heavy atom. The number of hydrogen-bond donors (Lipinski definition) is 1. The number of rotatable bonds is 9. The quantitative estimate of drug-likeness (QED) is 0.568. The molecule has 5 rings (SSSR count). The molecule has 1 aromatic heterocycles. The standard InChI is InChI=1S/C25H32F2N4O4/c1-5-25(33-4)12-31(13-25)24-29-21(20(35-24)11-30(2)3)23(32)28-16-9-18(26)22(19(27)10-16)34-17-7-14-6-15(14)8-17/h9-10,14-15,17H,5-8,11-13H2,1-4H3,(H,28,32)/t14-,15?,17+/m0/s1. The highest BCUT2D eigenvalue weighted by atomic mass is 19.1. The number of oxazole rings is 1. The predicted molar refractivity (Wildman–Crippen MR) is 126 cm³/mol. The van der Waals surface area contributed by atoms with Crippen molar-refractivity contribution >= 4 is 17.6 Å². The first-order valence-electron chi connectivity index (χ1n) is 12.1. The first kappa shape index (κ1) is 24.0. The lowest BCUT2D eigenvalue weighted by Gasteiger charge is -2.47. The van der Waals surface area contributed by atoms with E-state index in [9.17, 15) is 13.6 Å². The number of nitrogens with one attached hydrogen (secondary N) is 1. The van der Waals surface area contributed by atoms with Crippen molar-refractivity contribution in [1.82, 2.24) is 9.88 Å². The molecule has 3 aliphatic rings. The molecule has 2 aliphatic carbocycles. The zero-order valence-electron chi connectivity index (χ0n) is 20.6. The van der Waals surface area contributed by atoms with Crippen LogP contribution in [0, 0.1) is 23.5 Å². The van der Waals surface area contributed by atoms with Gasteiger partial charge in [-0.2, -0.15) is 4.98 Å². The Kier molecular flexibility index (Phi) is 6.21. The molecule has 1 amide bonds. The molecule has 0 spiro atoms. The second-order valence-electron chi connectivity index (χ2n) is 10.3. The molecule has 3 atom stereocenters. The van der Waals surface area contributed by atoms with Crippen molar-refractivity contribution < 1.29 is 27.5 Å². The van der Waals surface area contributed by atoms with Crippen LogP contribution in [0.5, 0.6) is 5.75 Å². The molecule has 1 unspecified atom stereocenters. The van der Waals surface area contributed by atoms with Crippen LogP contribution >= 0.6 is 0 Å². The van der Waals surface area contributed by atoms with Crippen LogP contribution in [0.4, 0.5) is 20.5 Å². The number of carbonyl (C=O) groups is 1. The van der Waals surface area contributed by atoms with Gasteiger partial charge in [-0.1, -0.05) is 6.92 Å². The fourth-order valence-corrected chi connectivity index (χ4v) is 5.19. The summed E-state index contributed by atoms with van der Waals surface area (Å²) in [5, 5.41) is 2.56. The van der Waals surface area contributed by atoms with Gasteiger partial charge in [0.25, 0.3) is 11.9 Å². The first-order valence-corrected chi connectivity index (χ1v) is 12.1. The summed E-state index contributed by atoms with van der Waals surface area (Å²) in [6.45, 7) is 3.59. The van der Waals surface area contributed by atoms with E-state index >= 15 is 0 Å². The number of nitrogens with zero attached hydrogens (tertiary/aromatic N) is 3. The molecular formula is C25H32F2N4O4. The number of ether oxygens (including phenoxy) is 2. The van der Waals surface area contributed by atoms with Crippen LogP contribution < -0.4 is 15.0 Å². The van der Waals surface area contributed by atoms with Crippen molar-refractivity contribution in [2.75, 3.05) is 44.5 Å². The van der Waals surface area contributed by atoms with Gasteiger partial charge in [-0.3, -0.25) is 4.79 Å². The van der Waals surface area contributed by atoms with Crippen molar-refractivity contribution in [3.63, 3.8) is 0 Å². The molecule has 190 valence electrons. The van der Waals surface area contributed by atoms with Crippen LogP contribution in [0.2, 0.25) is 0 Å². The van der Waals surface area contributed by atoms with Crippen LogP contribution in [0.1, 0.15) is 48.9 Å². The number of hydrogen-bond acceptors (Lipinski definition) is 7. The number of anilines is 2. The minimum atomic E-state index is -0.841. The molecule has 35 heavy (non-hydrogen) atoms. The average molecular weight is 491 g/mol. The first-order chi connectivity index (χ1) is 16.7. The van der Waals surface area contributed by atoms with Crippen LogP contribution in [0.25, 0.3) is 0 Å². The molecule has 8 nitrogen and oxygen atoms in total. The van der Waals surface area contributed by atoms with E-state index in [1.54, 1.807) is 7.11 Å². The maximum atomic E-state index is 14.7. The number of aromatic nitrogens is 1. The highest BCUT2D eigenvalue weighted by Crippen LogP contribution is 2.52. The van der Waals surface area contributed by atoms with E-state index in [1.165, 1.54) is 6.42 Å². The highest BCUT2D eigenvalue weighted by Gasteiger charge is 2.47. The van der Waals surface area contributed by atoms with Crippen molar-refractivity contribution in [2.24, 2.45) is 11.8 Å². The van der Waals surface area contributed by atoms with E-state index in [1.807, 2.05) is 23.9 Å². The third-order valence-corrected chi connectivity index (χ3v) is 7.41. The number of fused-ring (bicyclic) bond motifs is 1. The van der Waals surface area contributed by atoms with Gasteiger partial charge in [0.1, 0.15) is 5.60 Å². The summed E-state index contributed by atoms with van der Waals surface area (Å²) >= 11 is 0. The second kappa shape index (κ2) is 9.05. The lowest BCUT2D eigenvalue weighted by Crippen LogP contribution is -2.62. The summed E-state index contributed by atoms with van der Waals surface area (Å²) in [4.78, 5) is 21.2. The van der Waals surface area contributed by atoms with Crippen LogP contribution in [0.3, 0.4) is 0 Å². The maximum absolute atomic E-state index is 14.7. The van der Waals surface area contributed by atoms with Gasteiger partial charge in [0.2, 0.25) is 0 Å². The minimum absolute atomic E-state index is 0.0136. The molecule has 1 saturated heterocycles. The SMILES string of the molecule is CCC1(OC)CN(c2nc(C(=O)Nc3cc(F)c(O[C@H]4CC5C[C@H]5C4)c(F)c3)c(CN(C)C)o2)C1. The summed E-state index contributed by atoms with van der Waals surface area (Å²) < 4.78 is 46.5. The van der Waals surface area contributed by atoms with E-state index in [-0.39, 0.29) is 28.8 Å². The van der Waals surface area contributed by atoms with E-state index in [0.717, 1.165) is 31.4 Å². The monoisotopic (exact) mass is 490 g/mol. The lowest BCUT2D eigenvalue weighted by molar-refractivity contribution is -0.0379. The van der Waals surface area contributed by atoms with Crippen molar-refractivity contribution in [3.8, 4) is 5.75 Å². The predicted octanol–water partition coefficient (Wildman–Crippen LogP) is 4.06. The fraction of sp³-hybridized carbons (Fsp3) is 0.600. The Bertz CT molecular complexity index is 1080. The Labute approximate surface area is 203 Å². The number of carbonyl (C=O) groups excluding carboxylic acids is 1. The molecule has 0 bridgehead atoms. The van der Waals surface area contributed by atoms with E-state index in [4.69, 9.17) is 13.9 Å². The molecule has 1 N–H and O–H groups in total. The van der Waals surface area contributed by atoms with Gasteiger partial charge in [0.05, 0.1) is 25.7 Å². The van der Waals surface area contributed by atoms with Gasteiger partial charge in [0, 0.05) is 24.9 Å².